The predicted octanol–water partition coefficient (Wildman–Crippen LogP) is 4.96. The molecule has 0 unspecified atom stereocenters. The van der Waals surface area contributed by atoms with E-state index in [9.17, 15) is 4.79 Å². The van der Waals surface area contributed by atoms with Gasteiger partial charge in [-0.15, -0.1) is 0 Å². The van der Waals surface area contributed by atoms with Crippen molar-refractivity contribution in [3.8, 4) is 11.9 Å². The van der Waals surface area contributed by atoms with E-state index < -0.39 is 0 Å². The average Bonchev–Trinajstić information content (AvgIpc) is 3.32. The minimum atomic E-state index is -0.112. The number of rotatable bonds is 6. The fraction of sp³-hybridized carbons (Fsp3) is 0.321. The number of aromatic nitrogens is 4. The number of hydrogen-bond acceptors (Lipinski definition) is 6. The largest absolute Gasteiger partial charge is 0.382 e. The topological polar surface area (TPSA) is 109 Å². The van der Waals surface area contributed by atoms with Gasteiger partial charge in [0.05, 0.1) is 16.8 Å². The van der Waals surface area contributed by atoms with Crippen LogP contribution < -0.4 is 10.6 Å². The summed E-state index contributed by atoms with van der Waals surface area (Å²) in [4.78, 5) is 26.5. The average molecular weight is 480 g/mol. The molecule has 2 N–H and O–H groups in total. The first-order valence-corrected chi connectivity index (χ1v) is 12.4. The van der Waals surface area contributed by atoms with Gasteiger partial charge in [-0.2, -0.15) is 5.26 Å². The predicted molar refractivity (Wildman–Crippen MR) is 139 cm³/mol. The van der Waals surface area contributed by atoms with E-state index in [0.29, 0.717) is 28.5 Å². The highest BCUT2D eigenvalue weighted by molar-refractivity contribution is 5.99. The number of fused-ring (bicyclic) bond motifs is 1. The molecule has 4 heterocycles. The lowest BCUT2D eigenvalue weighted by Gasteiger charge is -2.29. The molecule has 0 atom stereocenters. The van der Waals surface area contributed by atoms with Crippen molar-refractivity contribution in [1.82, 2.24) is 24.8 Å². The zero-order chi connectivity index (χ0) is 25.1. The van der Waals surface area contributed by atoms with Crippen molar-refractivity contribution < 1.29 is 4.79 Å². The molecule has 0 spiro atoms. The first kappa shape index (κ1) is 23.5. The van der Waals surface area contributed by atoms with E-state index >= 15 is 0 Å². The number of carbonyl (C=O) groups is 1. The van der Waals surface area contributed by atoms with Crippen molar-refractivity contribution in [2.24, 2.45) is 0 Å². The Bertz CT molecular complexity index is 1410. The molecule has 1 aliphatic rings. The third-order valence-electron chi connectivity index (χ3n) is 6.72. The zero-order valence-electron chi connectivity index (χ0n) is 20.5. The molecule has 1 aliphatic carbocycles. The first-order chi connectivity index (χ1) is 17.5. The summed E-state index contributed by atoms with van der Waals surface area (Å²) in [6.07, 6.45) is 12.7. The summed E-state index contributed by atoms with van der Waals surface area (Å²) in [7, 11) is 0. The Morgan fingerprint density at radius 3 is 2.58 bits per heavy atom. The number of carbonyl (C=O) groups excluding carboxylic acids is 1. The first-order valence-electron chi connectivity index (χ1n) is 12.4. The van der Waals surface area contributed by atoms with E-state index in [-0.39, 0.29) is 18.0 Å². The van der Waals surface area contributed by atoms with E-state index in [0.717, 1.165) is 36.8 Å². The Hall–Kier alpha value is -4.25. The second-order valence-electron chi connectivity index (χ2n) is 9.62. The van der Waals surface area contributed by atoms with Gasteiger partial charge in [-0.25, -0.2) is 9.97 Å². The monoisotopic (exact) mass is 479 g/mol. The zero-order valence-corrected chi connectivity index (χ0v) is 20.5. The van der Waals surface area contributed by atoms with Crippen LogP contribution in [0.3, 0.4) is 0 Å². The Labute approximate surface area is 210 Å². The SMILES string of the molecule is CC(C)Nc1cc(-n2ccc3cc(C#N)cnc32)ncc1C(=O)NC1CCC(c2ccncc2)CC1. The summed E-state index contributed by atoms with van der Waals surface area (Å²) in [5.74, 6) is 1.06. The molecule has 4 aromatic rings. The van der Waals surface area contributed by atoms with E-state index in [2.05, 4.69) is 43.8 Å². The molecule has 0 aliphatic heterocycles. The van der Waals surface area contributed by atoms with Crippen LogP contribution in [0.1, 0.15) is 66.9 Å². The Kier molecular flexibility index (Phi) is 6.63. The van der Waals surface area contributed by atoms with Crippen LogP contribution in [0.5, 0.6) is 0 Å². The Morgan fingerprint density at radius 1 is 1.08 bits per heavy atom. The minimum Gasteiger partial charge on any atom is -0.382 e. The lowest BCUT2D eigenvalue weighted by atomic mass is 9.82. The van der Waals surface area contributed by atoms with Gasteiger partial charge in [-0.3, -0.25) is 14.3 Å². The maximum atomic E-state index is 13.3. The molecule has 4 aromatic heterocycles. The molecule has 0 radical (unpaired) electrons. The third-order valence-corrected chi connectivity index (χ3v) is 6.72. The second kappa shape index (κ2) is 10.2. The van der Waals surface area contributed by atoms with Gasteiger partial charge in [0.1, 0.15) is 17.5 Å². The number of nitrogens with zero attached hydrogens (tertiary/aromatic N) is 5. The van der Waals surface area contributed by atoms with Crippen molar-refractivity contribution in [1.29, 1.82) is 5.26 Å². The smallest absolute Gasteiger partial charge is 0.255 e. The van der Waals surface area contributed by atoms with Gasteiger partial charge in [0, 0.05) is 54.5 Å². The van der Waals surface area contributed by atoms with Gasteiger partial charge in [-0.1, -0.05) is 0 Å². The van der Waals surface area contributed by atoms with Crippen LogP contribution in [-0.2, 0) is 0 Å². The summed E-state index contributed by atoms with van der Waals surface area (Å²) in [6, 6.07) is 12.2. The highest BCUT2D eigenvalue weighted by Gasteiger charge is 2.25. The highest BCUT2D eigenvalue weighted by Crippen LogP contribution is 2.33. The van der Waals surface area contributed by atoms with Crippen molar-refractivity contribution in [2.45, 2.75) is 57.5 Å². The molecule has 36 heavy (non-hydrogen) atoms. The minimum absolute atomic E-state index is 0.112. The summed E-state index contributed by atoms with van der Waals surface area (Å²) in [5.41, 5.74) is 3.81. The Morgan fingerprint density at radius 2 is 1.86 bits per heavy atom. The van der Waals surface area contributed by atoms with E-state index in [4.69, 9.17) is 5.26 Å². The number of pyridine rings is 3. The normalized spacial score (nSPS) is 17.6. The fourth-order valence-electron chi connectivity index (χ4n) is 4.93. The summed E-state index contributed by atoms with van der Waals surface area (Å²) in [5, 5.41) is 16.6. The lowest BCUT2D eigenvalue weighted by molar-refractivity contribution is 0.0926. The van der Waals surface area contributed by atoms with Gasteiger partial charge >= 0.3 is 0 Å². The van der Waals surface area contributed by atoms with E-state index in [1.165, 1.54) is 5.56 Å². The molecule has 8 nitrogen and oxygen atoms in total. The number of nitrogens with one attached hydrogen (secondary N) is 2. The summed E-state index contributed by atoms with van der Waals surface area (Å²) < 4.78 is 1.87. The number of hydrogen-bond donors (Lipinski definition) is 2. The molecule has 0 saturated heterocycles. The molecule has 0 aromatic carbocycles. The maximum absolute atomic E-state index is 13.3. The van der Waals surface area contributed by atoms with Crippen LogP contribution in [-0.4, -0.2) is 37.5 Å². The van der Waals surface area contributed by atoms with Crippen molar-refractivity contribution in [3.05, 3.63) is 78.0 Å². The van der Waals surface area contributed by atoms with Crippen molar-refractivity contribution in [2.75, 3.05) is 5.32 Å². The van der Waals surface area contributed by atoms with E-state index in [1.54, 1.807) is 18.5 Å². The van der Waals surface area contributed by atoms with Crippen LogP contribution in [0.4, 0.5) is 5.69 Å². The molecular weight excluding hydrogens is 450 g/mol. The highest BCUT2D eigenvalue weighted by atomic mass is 16.1. The van der Waals surface area contributed by atoms with Crippen LogP contribution >= 0.6 is 0 Å². The summed E-state index contributed by atoms with van der Waals surface area (Å²) >= 11 is 0. The molecular formula is C28H29N7O. The lowest BCUT2D eigenvalue weighted by Crippen LogP contribution is -2.37. The second-order valence-corrected chi connectivity index (χ2v) is 9.62. The molecule has 8 heteroatoms. The molecule has 0 bridgehead atoms. The van der Waals surface area contributed by atoms with Crippen LogP contribution in [0, 0.1) is 11.3 Å². The maximum Gasteiger partial charge on any atom is 0.255 e. The molecule has 1 fully saturated rings. The van der Waals surface area contributed by atoms with E-state index in [1.807, 2.05) is 49.1 Å². The number of nitriles is 1. The molecule has 182 valence electrons. The quantitative estimate of drug-likeness (QED) is 0.404. The van der Waals surface area contributed by atoms with Crippen molar-refractivity contribution in [3.63, 3.8) is 0 Å². The van der Waals surface area contributed by atoms with Gasteiger partial charge in [0.15, 0.2) is 0 Å². The molecule has 1 saturated carbocycles. The molecule has 5 rings (SSSR count). The van der Waals surface area contributed by atoms with Crippen LogP contribution in [0.2, 0.25) is 0 Å². The van der Waals surface area contributed by atoms with Gasteiger partial charge in [0.25, 0.3) is 5.91 Å². The third kappa shape index (κ3) is 4.91. The van der Waals surface area contributed by atoms with Gasteiger partial charge in [-0.05, 0) is 75.3 Å². The van der Waals surface area contributed by atoms with Crippen LogP contribution in [0.25, 0.3) is 16.9 Å². The Balaban J connectivity index is 1.34. The summed E-state index contributed by atoms with van der Waals surface area (Å²) in [6.45, 7) is 4.08. The fourth-order valence-corrected chi connectivity index (χ4v) is 4.93. The number of amides is 1. The number of anilines is 1. The molecule has 1 amide bonds. The standard InChI is InChI=1S/C28H29N7O/c1-18(2)33-25-14-26(35-12-9-22-13-19(15-29)16-32-27(22)35)31-17-24(25)28(36)34-23-5-3-20(4-6-23)21-7-10-30-11-8-21/h7-14,16-18,20,23H,3-6H2,1-2H3,(H,31,33)(H,34,36). The van der Waals surface area contributed by atoms with Gasteiger partial charge in [0.2, 0.25) is 0 Å². The van der Waals surface area contributed by atoms with Crippen molar-refractivity contribution >= 4 is 22.6 Å². The van der Waals surface area contributed by atoms with Crippen LogP contribution in [0.15, 0.2) is 61.3 Å². The van der Waals surface area contributed by atoms with Gasteiger partial charge < -0.3 is 10.6 Å².